The van der Waals surface area contributed by atoms with E-state index in [1.54, 1.807) is 6.07 Å². The third-order valence-electron chi connectivity index (χ3n) is 9.39. The number of nitrogens with one attached hydrogen (secondary N) is 1. The SMILES string of the molecule is Cc1ccc(N[C@@]23CCN(C(=O)C4(C)CCS(=O)(=O)CC4)[C@@H]2CCc2cc(C(C)(F)C(F)(F)F)ccc23)cc1P. The highest BCUT2D eigenvalue weighted by Crippen LogP contribution is 2.51. The van der Waals surface area contributed by atoms with Crippen molar-refractivity contribution in [1.82, 2.24) is 4.90 Å². The zero-order valence-electron chi connectivity index (χ0n) is 22.9. The molecule has 0 bridgehead atoms. The van der Waals surface area contributed by atoms with E-state index in [2.05, 4.69) is 14.6 Å². The van der Waals surface area contributed by atoms with E-state index < -0.39 is 38.2 Å². The van der Waals surface area contributed by atoms with Gasteiger partial charge in [-0.15, -0.1) is 9.24 Å². The quantitative estimate of drug-likeness (QED) is 0.383. The molecule has 1 aliphatic carbocycles. The number of anilines is 1. The van der Waals surface area contributed by atoms with Crippen LogP contribution in [0.4, 0.5) is 23.2 Å². The minimum atomic E-state index is -5.05. The predicted molar refractivity (Wildman–Crippen MR) is 151 cm³/mol. The molecule has 1 N–H and O–H groups in total. The highest BCUT2D eigenvalue weighted by Gasteiger charge is 2.57. The summed E-state index contributed by atoms with van der Waals surface area (Å²) in [6.07, 6.45) is -3.14. The Hall–Kier alpha value is -2.19. The maximum Gasteiger partial charge on any atom is 0.426 e. The molecular formula is C29H35F4N2O3PS. The van der Waals surface area contributed by atoms with E-state index in [0.29, 0.717) is 38.3 Å². The van der Waals surface area contributed by atoms with Crippen LogP contribution in [0, 0.1) is 12.3 Å². The van der Waals surface area contributed by atoms with E-state index >= 15 is 0 Å². The average Bonchev–Trinajstić information content (AvgIpc) is 3.26. The summed E-state index contributed by atoms with van der Waals surface area (Å²) >= 11 is 0. The fourth-order valence-corrected chi connectivity index (χ4v) is 8.57. The van der Waals surface area contributed by atoms with Crippen LogP contribution in [-0.2, 0) is 32.3 Å². The maximum atomic E-state index is 14.9. The zero-order chi connectivity index (χ0) is 29.3. The topological polar surface area (TPSA) is 66.5 Å². The zero-order valence-corrected chi connectivity index (χ0v) is 24.8. The van der Waals surface area contributed by atoms with Gasteiger partial charge < -0.3 is 10.2 Å². The number of rotatable bonds is 4. The van der Waals surface area contributed by atoms with Crippen molar-refractivity contribution < 1.29 is 30.8 Å². The summed E-state index contributed by atoms with van der Waals surface area (Å²) in [5, 5.41) is 4.65. The van der Waals surface area contributed by atoms with Crippen LogP contribution in [-0.4, -0.2) is 49.5 Å². The van der Waals surface area contributed by atoms with Gasteiger partial charge in [0.25, 0.3) is 0 Å². The van der Waals surface area contributed by atoms with Gasteiger partial charge in [-0.3, -0.25) is 4.79 Å². The lowest BCUT2D eigenvalue weighted by Crippen LogP contribution is -2.55. The molecule has 2 unspecified atom stereocenters. The van der Waals surface area contributed by atoms with Crippen molar-refractivity contribution in [2.45, 2.75) is 76.3 Å². The molecule has 0 aromatic heterocycles. The number of likely N-dealkylation sites (tertiary alicyclic amines) is 1. The molecule has 2 heterocycles. The minimum absolute atomic E-state index is 0.0235. The molecule has 5 rings (SSSR count). The van der Waals surface area contributed by atoms with Crippen molar-refractivity contribution >= 4 is 36.0 Å². The standard InChI is InChI=1S/C29H35F4N2O3PS/c1-18-4-7-21(17-23(18)39)34-28-10-13-35(25(36)26(2)11-14-40(37,38)15-12-26)24(28)9-5-19-16-20(6-8-22(19)28)27(3,30)29(31,32)33/h4,6-8,16-17,24,34H,5,9-15,39H2,1-3H3/t24-,27?,28-/m1/s1. The van der Waals surface area contributed by atoms with Crippen LogP contribution in [0.2, 0.25) is 0 Å². The monoisotopic (exact) mass is 598 g/mol. The van der Waals surface area contributed by atoms with E-state index in [-0.39, 0.29) is 36.3 Å². The van der Waals surface area contributed by atoms with Gasteiger partial charge in [0.1, 0.15) is 9.84 Å². The molecule has 1 amide bonds. The van der Waals surface area contributed by atoms with Crippen molar-refractivity contribution in [3.8, 4) is 0 Å². The number of aryl methyl sites for hydroxylation is 2. The summed E-state index contributed by atoms with van der Waals surface area (Å²) in [5.41, 5.74) is -2.22. The van der Waals surface area contributed by atoms with E-state index in [1.807, 2.05) is 36.9 Å². The van der Waals surface area contributed by atoms with Crippen molar-refractivity contribution in [1.29, 1.82) is 0 Å². The molecule has 0 spiro atoms. The Morgan fingerprint density at radius 2 is 1.75 bits per heavy atom. The fourth-order valence-electron chi connectivity index (χ4n) is 6.57. The third kappa shape index (κ3) is 4.83. The Morgan fingerprint density at radius 3 is 2.38 bits per heavy atom. The van der Waals surface area contributed by atoms with Gasteiger partial charge in [-0.2, -0.15) is 13.2 Å². The normalized spacial score (nSPS) is 26.9. The number of sulfone groups is 1. The van der Waals surface area contributed by atoms with Crippen molar-refractivity contribution in [3.63, 3.8) is 0 Å². The van der Waals surface area contributed by atoms with Gasteiger partial charge in [0.2, 0.25) is 11.6 Å². The van der Waals surface area contributed by atoms with Crippen molar-refractivity contribution in [2.75, 3.05) is 23.4 Å². The largest absolute Gasteiger partial charge is 0.426 e. The Morgan fingerprint density at radius 1 is 1.07 bits per heavy atom. The van der Waals surface area contributed by atoms with Gasteiger partial charge in [-0.05, 0) is 85.6 Å². The molecule has 2 saturated heterocycles. The Bertz CT molecular complexity index is 1450. The van der Waals surface area contributed by atoms with Crippen LogP contribution < -0.4 is 10.6 Å². The van der Waals surface area contributed by atoms with Crippen molar-refractivity contribution in [3.05, 3.63) is 58.7 Å². The Labute approximate surface area is 235 Å². The lowest BCUT2D eigenvalue weighted by atomic mass is 9.71. The van der Waals surface area contributed by atoms with Gasteiger partial charge in [0, 0.05) is 17.6 Å². The molecule has 0 saturated carbocycles. The smallest absolute Gasteiger partial charge is 0.373 e. The predicted octanol–water partition coefficient (Wildman–Crippen LogP) is 5.31. The fraction of sp³-hybridized carbons (Fsp3) is 0.552. The first-order valence-electron chi connectivity index (χ1n) is 13.5. The van der Waals surface area contributed by atoms with E-state index in [1.165, 1.54) is 12.1 Å². The maximum absolute atomic E-state index is 14.9. The lowest BCUT2D eigenvalue weighted by molar-refractivity contribution is -0.228. The summed E-state index contributed by atoms with van der Waals surface area (Å²) in [4.78, 5) is 15.9. The number of carbonyl (C=O) groups excluding carboxylic acids is 1. The van der Waals surface area contributed by atoms with Gasteiger partial charge in [0.05, 0.1) is 23.1 Å². The molecule has 5 nitrogen and oxygen atoms in total. The number of amides is 1. The Balaban J connectivity index is 1.56. The molecule has 3 aliphatic rings. The summed E-state index contributed by atoms with van der Waals surface area (Å²) in [6.45, 7) is 4.78. The van der Waals surface area contributed by atoms with Gasteiger partial charge in [-0.1, -0.05) is 31.2 Å². The van der Waals surface area contributed by atoms with Crippen LogP contribution in [0.5, 0.6) is 0 Å². The summed E-state index contributed by atoms with van der Waals surface area (Å²) in [6, 6.07) is 9.73. The number of benzene rings is 2. The van der Waals surface area contributed by atoms with Gasteiger partial charge in [0.15, 0.2) is 0 Å². The number of nitrogens with zero attached hydrogens (tertiary/aromatic N) is 1. The van der Waals surface area contributed by atoms with Crippen LogP contribution in [0.25, 0.3) is 0 Å². The second-order valence-corrected chi connectivity index (χ2v) is 15.0. The van der Waals surface area contributed by atoms with Gasteiger partial charge >= 0.3 is 6.18 Å². The first kappa shape index (κ1) is 29.3. The van der Waals surface area contributed by atoms with Crippen LogP contribution in [0.3, 0.4) is 0 Å². The highest BCUT2D eigenvalue weighted by molar-refractivity contribution is 7.91. The number of fused-ring (bicyclic) bond motifs is 3. The molecule has 0 radical (unpaired) electrons. The number of halogens is 4. The minimum Gasteiger partial charge on any atom is -0.373 e. The molecular weight excluding hydrogens is 563 g/mol. The van der Waals surface area contributed by atoms with Crippen LogP contribution >= 0.6 is 9.24 Å². The molecule has 2 aliphatic heterocycles. The lowest BCUT2D eigenvalue weighted by Gasteiger charge is -2.46. The van der Waals surface area contributed by atoms with E-state index in [9.17, 15) is 30.8 Å². The molecule has 4 atom stereocenters. The first-order chi connectivity index (χ1) is 18.5. The van der Waals surface area contributed by atoms with Crippen LogP contribution in [0.15, 0.2) is 36.4 Å². The summed E-state index contributed by atoms with van der Waals surface area (Å²) in [5.74, 6) is -0.130. The molecule has 2 aromatic rings. The van der Waals surface area contributed by atoms with E-state index in [4.69, 9.17) is 0 Å². The second-order valence-electron chi connectivity index (χ2n) is 12.1. The Kier molecular flexibility index (Phi) is 7.10. The first-order valence-corrected chi connectivity index (χ1v) is 15.9. The molecule has 2 fully saturated rings. The summed E-state index contributed by atoms with van der Waals surface area (Å²) in [7, 11) is -0.463. The third-order valence-corrected chi connectivity index (χ3v) is 11.7. The highest BCUT2D eigenvalue weighted by atomic mass is 32.2. The van der Waals surface area contributed by atoms with E-state index in [0.717, 1.165) is 22.1 Å². The van der Waals surface area contributed by atoms with Gasteiger partial charge in [-0.25, -0.2) is 12.8 Å². The average molecular weight is 599 g/mol. The second kappa shape index (κ2) is 9.69. The number of hydrogen-bond donors (Lipinski definition) is 1. The molecule has 2 aromatic carbocycles. The van der Waals surface area contributed by atoms with Crippen LogP contribution in [0.1, 0.15) is 61.8 Å². The summed E-state index contributed by atoms with van der Waals surface area (Å²) < 4.78 is 79.7. The number of hydrogen-bond acceptors (Lipinski definition) is 4. The number of alkyl halides is 4. The molecule has 218 valence electrons. The number of carbonyl (C=O) groups is 1. The van der Waals surface area contributed by atoms with Crippen molar-refractivity contribution in [2.24, 2.45) is 5.41 Å². The molecule has 11 heteroatoms. The molecule has 40 heavy (non-hydrogen) atoms.